The van der Waals surface area contributed by atoms with E-state index < -0.39 is 5.97 Å². The molecule has 3 rings (SSSR count). The Balaban J connectivity index is 1.46. The number of hydrogen-bond donors (Lipinski definition) is 1. The molecule has 0 atom stereocenters. The van der Waals surface area contributed by atoms with Crippen molar-refractivity contribution in [1.29, 1.82) is 0 Å². The summed E-state index contributed by atoms with van der Waals surface area (Å²) in [6.07, 6.45) is 1.43. The molecule has 0 aliphatic heterocycles. The summed E-state index contributed by atoms with van der Waals surface area (Å²) >= 11 is 0. The molecular formula is C21H19NO5. The van der Waals surface area contributed by atoms with Crippen LogP contribution in [0.1, 0.15) is 26.5 Å². The van der Waals surface area contributed by atoms with Gasteiger partial charge in [0.05, 0.1) is 11.8 Å². The van der Waals surface area contributed by atoms with Gasteiger partial charge in [-0.25, -0.2) is 4.79 Å². The van der Waals surface area contributed by atoms with Crippen molar-refractivity contribution in [3.05, 3.63) is 83.8 Å². The molecule has 3 aromatic rings. The molecule has 0 spiro atoms. The third-order valence-corrected chi connectivity index (χ3v) is 3.79. The highest BCUT2D eigenvalue weighted by molar-refractivity contribution is 6.02. The summed E-state index contributed by atoms with van der Waals surface area (Å²) < 4.78 is 15.8. The van der Waals surface area contributed by atoms with Gasteiger partial charge in [-0.15, -0.1) is 0 Å². The zero-order chi connectivity index (χ0) is 19.1. The van der Waals surface area contributed by atoms with E-state index in [1.165, 1.54) is 6.26 Å². The Morgan fingerprint density at radius 1 is 0.963 bits per heavy atom. The number of para-hydroxylation sites is 1. The first-order chi connectivity index (χ1) is 13.1. The van der Waals surface area contributed by atoms with Crippen molar-refractivity contribution in [2.75, 3.05) is 18.5 Å². The minimum absolute atomic E-state index is 0.143. The molecule has 138 valence electrons. The van der Waals surface area contributed by atoms with Crippen LogP contribution in [0.15, 0.2) is 71.3 Å². The molecule has 1 heterocycles. The number of ether oxygens (including phenoxy) is 2. The minimum Gasteiger partial charge on any atom is -0.490 e. The summed E-state index contributed by atoms with van der Waals surface area (Å²) in [6.45, 7) is 2.37. The number of anilines is 1. The van der Waals surface area contributed by atoms with E-state index in [4.69, 9.17) is 13.9 Å². The number of amides is 1. The summed E-state index contributed by atoms with van der Waals surface area (Å²) in [5, 5.41) is 2.68. The summed E-state index contributed by atoms with van der Waals surface area (Å²) in [6, 6.07) is 17.3. The minimum atomic E-state index is -0.452. The number of carbonyl (C=O) groups excluding carboxylic acids is 2. The second kappa shape index (κ2) is 8.71. The lowest BCUT2D eigenvalue weighted by Gasteiger charge is -2.09. The smallest absolute Gasteiger partial charge is 0.338 e. The van der Waals surface area contributed by atoms with Crippen molar-refractivity contribution in [2.24, 2.45) is 0 Å². The molecule has 1 amide bonds. The molecule has 0 saturated carbocycles. The van der Waals surface area contributed by atoms with E-state index in [0.29, 0.717) is 11.3 Å². The van der Waals surface area contributed by atoms with Crippen LogP contribution in [-0.4, -0.2) is 25.1 Å². The topological polar surface area (TPSA) is 77.8 Å². The van der Waals surface area contributed by atoms with Gasteiger partial charge in [0.15, 0.2) is 5.76 Å². The number of nitrogens with one attached hydrogen (secondary N) is 1. The standard InChI is InChI=1S/C21H19NO5/c1-15-5-2-3-6-18(15)26-13-14-27-21(24)16-8-10-17(11-9-16)22-20(23)19-7-4-12-25-19/h2-12H,13-14H2,1H3,(H,22,23). The molecule has 6 heteroatoms. The molecule has 2 aromatic carbocycles. The molecule has 0 bridgehead atoms. The predicted octanol–water partition coefficient (Wildman–Crippen LogP) is 4.08. The Labute approximate surface area is 156 Å². The molecule has 0 unspecified atom stereocenters. The van der Waals surface area contributed by atoms with Crippen LogP contribution in [-0.2, 0) is 4.74 Å². The van der Waals surface area contributed by atoms with Crippen molar-refractivity contribution < 1.29 is 23.5 Å². The van der Waals surface area contributed by atoms with Crippen LogP contribution in [0.25, 0.3) is 0 Å². The van der Waals surface area contributed by atoms with Gasteiger partial charge in [0.25, 0.3) is 5.91 Å². The monoisotopic (exact) mass is 365 g/mol. The van der Waals surface area contributed by atoms with Crippen LogP contribution in [0.4, 0.5) is 5.69 Å². The predicted molar refractivity (Wildman–Crippen MR) is 100 cm³/mol. The number of carbonyl (C=O) groups is 2. The Hall–Kier alpha value is -3.54. The fourth-order valence-electron chi connectivity index (χ4n) is 2.38. The number of esters is 1. The molecule has 0 aliphatic carbocycles. The first kappa shape index (κ1) is 18.3. The Bertz CT molecular complexity index is 901. The third kappa shape index (κ3) is 4.98. The van der Waals surface area contributed by atoms with Gasteiger partial charge in [-0.2, -0.15) is 0 Å². The van der Waals surface area contributed by atoms with E-state index in [-0.39, 0.29) is 24.9 Å². The zero-order valence-electron chi connectivity index (χ0n) is 14.8. The van der Waals surface area contributed by atoms with Crippen LogP contribution in [0.5, 0.6) is 5.75 Å². The van der Waals surface area contributed by atoms with Gasteiger partial charge in [-0.3, -0.25) is 4.79 Å². The molecule has 0 saturated heterocycles. The summed E-state index contributed by atoms with van der Waals surface area (Å²) in [7, 11) is 0. The number of benzene rings is 2. The second-order valence-corrected chi connectivity index (χ2v) is 5.76. The first-order valence-electron chi connectivity index (χ1n) is 8.44. The fraction of sp³-hybridized carbons (Fsp3) is 0.143. The van der Waals surface area contributed by atoms with Crippen molar-refractivity contribution in [1.82, 2.24) is 0 Å². The van der Waals surface area contributed by atoms with Gasteiger partial charge in [0, 0.05) is 5.69 Å². The highest BCUT2D eigenvalue weighted by Gasteiger charge is 2.10. The average molecular weight is 365 g/mol. The van der Waals surface area contributed by atoms with Crippen molar-refractivity contribution in [2.45, 2.75) is 6.92 Å². The quantitative estimate of drug-likeness (QED) is 0.504. The maximum absolute atomic E-state index is 12.1. The number of rotatable bonds is 7. The zero-order valence-corrected chi connectivity index (χ0v) is 14.8. The van der Waals surface area contributed by atoms with Crippen LogP contribution in [0.2, 0.25) is 0 Å². The van der Waals surface area contributed by atoms with Gasteiger partial charge in [0.1, 0.15) is 19.0 Å². The fourth-order valence-corrected chi connectivity index (χ4v) is 2.38. The number of hydrogen-bond acceptors (Lipinski definition) is 5. The molecule has 6 nitrogen and oxygen atoms in total. The van der Waals surface area contributed by atoms with Crippen molar-refractivity contribution in [3.63, 3.8) is 0 Å². The van der Waals surface area contributed by atoms with Gasteiger partial charge in [0.2, 0.25) is 0 Å². The lowest BCUT2D eigenvalue weighted by molar-refractivity contribution is 0.0450. The highest BCUT2D eigenvalue weighted by Crippen LogP contribution is 2.16. The van der Waals surface area contributed by atoms with Gasteiger partial charge in [-0.05, 0) is 55.0 Å². The number of aryl methyl sites for hydroxylation is 1. The normalized spacial score (nSPS) is 10.3. The Morgan fingerprint density at radius 3 is 2.44 bits per heavy atom. The average Bonchev–Trinajstić information content (AvgIpc) is 3.22. The van der Waals surface area contributed by atoms with Crippen LogP contribution in [0.3, 0.4) is 0 Å². The van der Waals surface area contributed by atoms with Crippen molar-refractivity contribution in [3.8, 4) is 5.75 Å². The Kier molecular flexibility index (Phi) is 5.89. The Morgan fingerprint density at radius 2 is 1.74 bits per heavy atom. The van der Waals surface area contributed by atoms with Gasteiger partial charge in [-0.1, -0.05) is 18.2 Å². The SMILES string of the molecule is Cc1ccccc1OCCOC(=O)c1ccc(NC(=O)c2ccco2)cc1. The summed E-state index contributed by atoms with van der Waals surface area (Å²) in [4.78, 5) is 24.0. The molecule has 27 heavy (non-hydrogen) atoms. The van der Waals surface area contributed by atoms with E-state index in [0.717, 1.165) is 11.3 Å². The molecule has 0 fully saturated rings. The molecule has 1 aromatic heterocycles. The number of furan rings is 1. The first-order valence-corrected chi connectivity index (χ1v) is 8.44. The van der Waals surface area contributed by atoms with Gasteiger partial charge >= 0.3 is 5.97 Å². The lowest BCUT2D eigenvalue weighted by Crippen LogP contribution is -2.13. The van der Waals surface area contributed by atoms with E-state index in [2.05, 4.69) is 5.32 Å². The molecular weight excluding hydrogens is 346 g/mol. The highest BCUT2D eigenvalue weighted by atomic mass is 16.6. The van der Waals surface area contributed by atoms with Gasteiger partial charge < -0.3 is 19.2 Å². The van der Waals surface area contributed by atoms with E-state index in [9.17, 15) is 9.59 Å². The van der Waals surface area contributed by atoms with E-state index in [1.54, 1.807) is 36.4 Å². The van der Waals surface area contributed by atoms with Crippen LogP contribution >= 0.6 is 0 Å². The summed E-state index contributed by atoms with van der Waals surface area (Å²) in [5.74, 6) is 0.174. The maximum atomic E-state index is 12.1. The molecule has 0 radical (unpaired) electrons. The maximum Gasteiger partial charge on any atom is 0.338 e. The molecule has 0 aliphatic rings. The van der Waals surface area contributed by atoms with Crippen LogP contribution < -0.4 is 10.1 Å². The lowest BCUT2D eigenvalue weighted by atomic mass is 10.2. The second-order valence-electron chi connectivity index (χ2n) is 5.76. The molecule has 1 N–H and O–H groups in total. The van der Waals surface area contributed by atoms with Crippen LogP contribution in [0, 0.1) is 6.92 Å². The largest absolute Gasteiger partial charge is 0.490 e. The summed E-state index contributed by atoms with van der Waals surface area (Å²) in [5.41, 5.74) is 1.97. The van der Waals surface area contributed by atoms with E-state index >= 15 is 0 Å². The van der Waals surface area contributed by atoms with E-state index in [1.807, 2.05) is 31.2 Å². The third-order valence-electron chi connectivity index (χ3n) is 3.79. The van der Waals surface area contributed by atoms with Crippen molar-refractivity contribution >= 4 is 17.6 Å².